The van der Waals surface area contributed by atoms with Crippen LogP contribution in [-0.4, -0.2) is 31.1 Å². The first-order chi connectivity index (χ1) is 13.7. The largest absolute Gasteiger partial charge is 0.462 e. The Hall–Kier alpha value is -3.14. The lowest BCUT2D eigenvalue weighted by atomic mass is 10.1. The van der Waals surface area contributed by atoms with Crippen LogP contribution in [0.25, 0.3) is 0 Å². The van der Waals surface area contributed by atoms with Crippen molar-refractivity contribution in [2.24, 2.45) is 0 Å². The minimum atomic E-state index is -1.81. The maximum atomic E-state index is 13.9. The van der Waals surface area contributed by atoms with Gasteiger partial charge in [0.25, 0.3) is 5.91 Å². The molecule has 2 aromatic rings. The minimum absolute atomic E-state index is 0.0101. The molecule has 1 N–H and O–H groups in total. The zero-order chi connectivity index (χ0) is 21.7. The highest BCUT2D eigenvalue weighted by Gasteiger charge is 2.28. The molecule has 154 valence electrons. The van der Waals surface area contributed by atoms with Crippen LogP contribution in [0.1, 0.15) is 42.9 Å². The summed E-state index contributed by atoms with van der Waals surface area (Å²) in [4.78, 5) is 36.9. The van der Waals surface area contributed by atoms with Crippen molar-refractivity contribution in [3.05, 3.63) is 63.8 Å². The highest BCUT2D eigenvalue weighted by Crippen LogP contribution is 2.35. The molecule has 0 spiro atoms. The number of halogens is 3. The molecular weight excluding hydrogens is 411 g/mol. The number of thiophene rings is 1. The Bertz CT molecular complexity index is 987. The number of carbonyl (C=O) groups is 3. The maximum absolute atomic E-state index is 13.9. The number of nitrogens with one attached hydrogen (secondary N) is 1. The fourth-order valence-corrected chi connectivity index (χ4v) is 3.40. The van der Waals surface area contributed by atoms with Gasteiger partial charge in [-0.3, -0.25) is 4.79 Å². The summed E-state index contributed by atoms with van der Waals surface area (Å²) < 4.78 is 50.3. The second-order valence-corrected chi connectivity index (χ2v) is 6.57. The van der Waals surface area contributed by atoms with Gasteiger partial charge in [0, 0.05) is 0 Å². The summed E-state index contributed by atoms with van der Waals surface area (Å²) in [6, 6.07) is 1.35. The van der Waals surface area contributed by atoms with E-state index in [-0.39, 0.29) is 34.2 Å². The molecule has 1 aromatic heterocycles. The molecule has 0 fully saturated rings. The third-order valence-corrected chi connectivity index (χ3v) is 4.84. The Morgan fingerprint density at radius 1 is 1.14 bits per heavy atom. The van der Waals surface area contributed by atoms with Crippen LogP contribution in [-0.2, 0) is 9.47 Å². The molecule has 0 atom stereocenters. The van der Waals surface area contributed by atoms with E-state index in [9.17, 15) is 27.6 Å². The predicted octanol–water partition coefficient (Wildman–Crippen LogP) is 4.25. The molecule has 6 nitrogen and oxygen atoms in total. The standard InChI is InChI=1S/C19H16F3NO5S/c1-4-8-28-19(26)15-9(3)12(18(25)27-5-2)17(29-15)23-16(24)10-6-7-11(20)14(22)13(10)21/h4,6-7H,1,5,8H2,2-3H3,(H,23,24). The van der Waals surface area contributed by atoms with Crippen molar-refractivity contribution >= 4 is 34.2 Å². The third-order valence-electron chi connectivity index (χ3n) is 3.65. The molecule has 0 aliphatic carbocycles. The van der Waals surface area contributed by atoms with E-state index in [4.69, 9.17) is 9.47 Å². The van der Waals surface area contributed by atoms with Gasteiger partial charge in [0.2, 0.25) is 0 Å². The van der Waals surface area contributed by atoms with Gasteiger partial charge in [-0.15, -0.1) is 11.3 Å². The highest BCUT2D eigenvalue weighted by atomic mass is 32.1. The first-order valence-corrected chi connectivity index (χ1v) is 9.07. The smallest absolute Gasteiger partial charge is 0.348 e. The molecule has 0 bridgehead atoms. The fraction of sp³-hybridized carbons (Fsp3) is 0.211. The number of anilines is 1. The number of rotatable bonds is 7. The summed E-state index contributed by atoms with van der Waals surface area (Å²) in [5.74, 6) is -7.68. The topological polar surface area (TPSA) is 81.7 Å². The van der Waals surface area contributed by atoms with Crippen LogP contribution in [0.5, 0.6) is 0 Å². The zero-order valence-electron chi connectivity index (χ0n) is 15.4. The normalized spacial score (nSPS) is 10.4. The van der Waals surface area contributed by atoms with Crippen molar-refractivity contribution in [2.75, 3.05) is 18.5 Å². The average molecular weight is 427 g/mol. The molecule has 0 aliphatic rings. The van der Waals surface area contributed by atoms with Crippen LogP contribution in [0.4, 0.5) is 18.2 Å². The van der Waals surface area contributed by atoms with Crippen molar-refractivity contribution in [1.29, 1.82) is 0 Å². The van der Waals surface area contributed by atoms with Crippen LogP contribution in [0.2, 0.25) is 0 Å². The molecule has 0 aliphatic heterocycles. The molecule has 1 heterocycles. The molecule has 10 heteroatoms. The number of ether oxygens (including phenoxy) is 2. The van der Waals surface area contributed by atoms with Crippen molar-refractivity contribution in [3.8, 4) is 0 Å². The number of benzene rings is 1. The van der Waals surface area contributed by atoms with E-state index in [2.05, 4.69) is 11.9 Å². The Labute approximate surface area is 167 Å². The Balaban J connectivity index is 2.46. The van der Waals surface area contributed by atoms with Gasteiger partial charge in [-0.05, 0) is 31.5 Å². The fourth-order valence-electron chi connectivity index (χ4n) is 2.32. The second kappa shape index (κ2) is 9.37. The lowest BCUT2D eigenvalue weighted by molar-refractivity contribution is 0.0527. The number of esters is 2. The molecule has 0 saturated heterocycles. The van der Waals surface area contributed by atoms with E-state index in [1.165, 1.54) is 13.0 Å². The molecule has 1 aromatic carbocycles. The van der Waals surface area contributed by atoms with Crippen molar-refractivity contribution in [3.63, 3.8) is 0 Å². The van der Waals surface area contributed by atoms with Gasteiger partial charge in [-0.25, -0.2) is 22.8 Å². The molecule has 0 saturated carbocycles. The van der Waals surface area contributed by atoms with E-state index >= 15 is 0 Å². The van der Waals surface area contributed by atoms with Gasteiger partial charge in [-0.1, -0.05) is 12.7 Å². The van der Waals surface area contributed by atoms with Crippen molar-refractivity contribution < 1.29 is 37.0 Å². The Morgan fingerprint density at radius 2 is 1.83 bits per heavy atom. The molecule has 0 radical (unpaired) electrons. The predicted molar refractivity (Wildman–Crippen MR) is 99.8 cm³/mol. The van der Waals surface area contributed by atoms with Crippen molar-refractivity contribution in [1.82, 2.24) is 0 Å². The first kappa shape index (κ1) is 22.2. The number of amides is 1. The maximum Gasteiger partial charge on any atom is 0.348 e. The number of carbonyl (C=O) groups excluding carboxylic acids is 3. The highest BCUT2D eigenvalue weighted by molar-refractivity contribution is 7.18. The van der Waals surface area contributed by atoms with Gasteiger partial charge in [0.05, 0.1) is 17.7 Å². The Kier molecular flexibility index (Phi) is 7.16. The summed E-state index contributed by atoms with van der Waals surface area (Å²) in [5.41, 5.74) is -0.720. The van der Waals surface area contributed by atoms with Crippen molar-refractivity contribution in [2.45, 2.75) is 13.8 Å². The van der Waals surface area contributed by atoms with Crippen LogP contribution >= 0.6 is 11.3 Å². The molecule has 2 rings (SSSR count). The van der Waals surface area contributed by atoms with Crippen LogP contribution in [0, 0.1) is 24.4 Å². The third kappa shape index (κ3) is 4.65. The van der Waals surface area contributed by atoms with Gasteiger partial charge >= 0.3 is 11.9 Å². The van der Waals surface area contributed by atoms with Gasteiger partial charge < -0.3 is 14.8 Å². The molecule has 0 unspecified atom stereocenters. The molecule has 1 amide bonds. The monoisotopic (exact) mass is 427 g/mol. The van der Waals surface area contributed by atoms with Gasteiger partial charge in [0.15, 0.2) is 17.5 Å². The summed E-state index contributed by atoms with van der Waals surface area (Å²) >= 11 is 0.703. The van der Waals surface area contributed by atoms with E-state index in [0.29, 0.717) is 17.4 Å². The lowest BCUT2D eigenvalue weighted by Gasteiger charge is -2.08. The summed E-state index contributed by atoms with van der Waals surface area (Å²) in [5, 5.41) is 2.12. The summed E-state index contributed by atoms with van der Waals surface area (Å²) in [6.07, 6.45) is 1.35. The lowest BCUT2D eigenvalue weighted by Crippen LogP contribution is -2.17. The summed E-state index contributed by atoms with van der Waals surface area (Å²) in [7, 11) is 0. The number of hydrogen-bond acceptors (Lipinski definition) is 6. The zero-order valence-corrected chi connectivity index (χ0v) is 16.3. The van der Waals surface area contributed by atoms with E-state index in [1.807, 2.05) is 0 Å². The van der Waals surface area contributed by atoms with E-state index < -0.39 is 40.9 Å². The van der Waals surface area contributed by atoms with Gasteiger partial charge in [0.1, 0.15) is 16.5 Å². The van der Waals surface area contributed by atoms with Crippen LogP contribution in [0.3, 0.4) is 0 Å². The second-order valence-electron chi connectivity index (χ2n) is 5.54. The SMILES string of the molecule is C=CCOC(=O)c1sc(NC(=O)c2ccc(F)c(F)c2F)c(C(=O)OCC)c1C. The molecule has 29 heavy (non-hydrogen) atoms. The van der Waals surface area contributed by atoms with Gasteiger partial charge in [-0.2, -0.15) is 0 Å². The minimum Gasteiger partial charge on any atom is -0.462 e. The van der Waals surface area contributed by atoms with E-state index in [1.54, 1.807) is 6.92 Å². The van der Waals surface area contributed by atoms with Crippen LogP contribution in [0.15, 0.2) is 24.8 Å². The first-order valence-electron chi connectivity index (χ1n) is 8.26. The van der Waals surface area contributed by atoms with Crippen LogP contribution < -0.4 is 5.32 Å². The average Bonchev–Trinajstić information content (AvgIpc) is 3.00. The quantitative estimate of drug-likeness (QED) is 0.406. The molecular formula is C19H16F3NO5S. The summed E-state index contributed by atoms with van der Waals surface area (Å²) in [6.45, 7) is 6.38. The Morgan fingerprint density at radius 3 is 2.45 bits per heavy atom. The van der Waals surface area contributed by atoms with E-state index in [0.717, 1.165) is 6.07 Å². The number of hydrogen-bond donors (Lipinski definition) is 1.